The van der Waals surface area contributed by atoms with Crippen molar-refractivity contribution >= 4 is 0 Å². The summed E-state index contributed by atoms with van der Waals surface area (Å²) in [6.07, 6.45) is 3.38. The van der Waals surface area contributed by atoms with E-state index in [2.05, 4.69) is 22.2 Å². The van der Waals surface area contributed by atoms with E-state index in [1.165, 1.54) is 0 Å². The van der Waals surface area contributed by atoms with E-state index in [9.17, 15) is 0 Å². The molecule has 1 aromatic rings. The van der Waals surface area contributed by atoms with Crippen molar-refractivity contribution in [2.24, 2.45) is 0 Å². The van der Waals surface area contributed by atoms with Crippen LogP contribution in [0.15, 0.2) is 12.4 Å². The summed E-state index contributed by atoms with van der Waals surface area (Å²) in [4.78, 5) is 8.25. The molecular formula is C9H13N3O. The zero-order valence-corrected chi connectivity index (χ0v) is 7.87. The normalized spacial score (nSPS) is 19.2. The van der Waals surface area contributed by atoms with Crippen molar-refractivity contribution in [3.8, 4) is 5.88 Å². The Morgan fingerprint density at radius 2 is 2.15 bits per heavy atom. The molecule has 0 spiro atoms. The van der Waals surface area contributed by atoms with E-state index in [0.717, 1.165) is 18.8 Å². The lowest BCUT2D eigenvalue weighted by Crippen LogP contribution is -2.61. The smallest absolute Gasteiger partial charge is 0.232 e. The van der Waals surface area contributed by atoms with Gasteiger partial charge in [0, 0.05) is 13.1 Å². The van der Waals surface area contributed by atoms with Crippen LogP contribution in [0, 0.1) is 6.92 Å². The highest BCUT2D eigenvalue weighted by Crippen LogP contribution is 2.18. The fourth-order valence-electron chi connectivity index (χ4n) is 1.24. The Balaban J connectivity index is 2.05. The minimum absolute atomic E-state index is 0.0933. The number of aryl methyl sites for hydroxylation is 1. The van der Waals surface area contributed by atoms with E-state index < -0.39 is 0 Å². The van der Waals surface area contributed by atoms with Crippen LogP contribution in [0.1, 0.15) is 12.6 Å². The van der Waals surface area contributed by atoms with E-state index in [1.807, 2.05) is 6.92 Å². The molecule has 1 aliphatic heterocycles. The topological polar surface area (TPSA) is 47.0 Å². The molecule has 1 aromatic heterocycles. The van der Waals surface area contributed by atoms with Gasteiger partial charge in [0.2, 0.25) is 5.88 Å². The Morgan fingerprint density at radius 1 is 1.38 bits per heavy atom. The Hall–Kier alpha value is -1.16. The molecule has 1 fully saturated rings. The number of hydrogen-bond donors (Lipinski definition) is 1. The van der Waals surface area contributed by atoms with Crippen LogP contribution in [0.25, 0.3) is 0 Å². The maximum Gasteiger partial charge on any atom is 0.232 e. The van der Waals surface area contributed by atoms with E-state index in [1.54, 1.807) is 12.4 Å². The number of ether oxygens (including phenoxy) is 1. The zero-order valence-electron chi connectivity index (χ0n) is 7.87. The van der Waals surface area contributed by atoms with Gasteiger partial charge in [-0.05, 0) is 13.8 Å². The van der Waals surface area contributed by atoms with Crippen LogP contribution in [0.3, 0.4) is 0 Å². The largest absolute Gasteiger partial charge is 0.468 e. The van der Waals surface area contributed by atoms with Crippen LogP contribution in [-0.2, 0) is 0 Å². The summed E-state index contributed by atoms with van der Waals surface area (Å²) in [7, 11) is 0. The first-order valence-electron chi connectivity index (χ1n) is 4.36. The fourth-order valence-corrected chi connectivity index (χ4v) is 1.24. The van der Waals surface area contributed by atoms with Gasteiger partial charge >= 0.3 is 0 Å². The highest BCUT2D eigenvalue weighted by atomic mass is 16.5. The van der Waals surface area contributed by atoms with Crippen molar-refractivity contribution in [3.63, 3.8) is 0 Å². The third-order valence-electron chi connectivity index (χ3n) is 2.11. The molecule has 4 nitrogen and oxygen atoms in total. The first-order chi connectivity index (χ1) is 6.18. The molecule has 0 saturated carbocycles. The van der Waals surface area contributed by atoms with Gasteiger partial charge < -0.3 is 10.1 Å². The monoisotopic (exact) mass is 179 g/mol. The van der Waals surface area contributed by atoms with Gasteiger partial charge in [0.1, 0.15) is 5.60 Å². The second kappa shape index (κ2) is 2.96. The van der Waals surface area contributed by atoms with Crippen LogP contribution < -0.4 is 10.1 Å². The molecule has 0 amide bonds. The average Bonchev–Trinajstić information content (AvgIpc) is 2.06. The highest BCUT2D eigenvalue weighted by molar-refractivity contribution is 5.09. The number of nitrogens with zero attached hydrogens (tertiary/aromatic N) is 2. The Kier molecular flexibility index (Phi) is 1.92. The van der Waals surface area contributed by atoms with E-state index in [-0.39, 0.29) is 5.60 Å². The molecule has 0 unspecified atom stereocenters. The summed E-state index contributed by atoms with van der Waals surface area (Å²) < 4.78 is 5.66. The van der Waals surface area contributed by atoms with Crippen LogP contribution in [0.5, 0.6) is 5.88 Å². The van der Waals surface area contributed by atoms with Gasteiger partial charge in [0.25, 0.3) is 0 Å². The molecular weight excluding hydrogens is 166 g/mol. The number of hydrogen-bond acceptors (Lipinski definition) is 4. The standard InChI is InChI=1S/C9H13N3O/c1-7-3-12-8(4-11-7)13-9(2)5-10-6-9/h3-4,10H,5-6H2,1-2H3. The third kappa shape index (κ3) is 1.78. The molecule has 0 bridgehead atoms. The van der Waals surface area contributed by atoms with Crippen LogP contribution in [0.4, 0.5) is 0 Å². The van der Waals surface area contributed by atoms with Crippen molar-refractivity contribution in [1.82, 2.24) is 15.3 Å². The predicted molar refractivity (Wildman–Crippen MR) is 48.7 cm³/mol. The van der Waals surface area contributed by atoms with Gasteiger partial charge in [0.15, 0.2) is 0 Å². The van der Waals surface area contributed by atoms with Crippen molar-refractivity contribution < 1.29 is 4.74 Å². The molecule has 0 radical (unpaired) electrons. The van der Waals surface area contributed by atoms with Crippen molar-refractivity contribution in [3.05, 3.63) is 18.1 Å². The van der Waals surface area contributed by atoms with E-state index in [4.69, 9.17) is 4.74 Å². The van der Waals surface area contributed by atoms with E-state index in [0.29, 0.717) is 5.88 Å². The summed E-state index contributed by atoms with van der Waals surface area (Å²) >= 11 is 0. The van der Waals surface area contributed by atoms with Gasteiger partial charge in [-0.15, -0.1) is 0 Å². The lowest BCUT2D eigenvalue weighted by Gasteiger charge is -2.38. The zero-order chi connectivity index (χ0) is 9.31. The Morgan fingerprint density at radius 3 is 2.62 bits per heavy atom. The average molecular weight is 179 g/mol. The maximum atomic E-state index is 5.66. The fraction of sp³-hybridized carbons (Fsp3) is 0.556. The van der Waals surface area contributed by atoms with Gasteiger partial charge in [-0.3, -0.25) is 4.98 Å². The summed E-state index contributed by atoms with van der Waals surface area (Å²) in [6.45, 7) is 5.72. The molecule has 0 aromatic carbocycles. The molecule has 0 aliphatic carbocycles. The Labute approximate surface area is 77.4 Å². The Bertz CT molecular complexity index is 292. The summed E-state index contributed by atoms with van der Waals surface area (Å²) in [5, 5.41) is 3.16. The molecule has 70 valence electrons. The van der Waals surface area contributed by atoms with Crippen molar-refractivity contribution in [2.75, 3.05) is 13.1 Å². The molecule has 1 aliphatic rings. The van der Waals surface area contributed by atoms with Gasteiger partial charge in [-0.25, -0.2) is 4.98 Å². The molecule has 1 N–H and O–H groups in total. The van der Waals surface area contributed by atoms with Gasteiger partial charge in [-0.2, -0.15) is 0 Å². The number of rotatable bonds is 2. The van der Waals surface area contributed by atoms with E-state index >= 15 is 0 Å². The van der Waals surface area contributed by atoms with Crippen LogP contribution >= 0.6 is 0 Å². The number of aromatic nitrogens is 2. The summed E-state index contributed by atoms with van der Waals surface area (Å²) in [6, 6.07) is 0. The maximum absolute atomic E-state index is 5.66. The minimum atomic E-state index is -0.0933. The van der Waals surface area contributed by atoms with Crippen molar-refractivity contribution in [2.45, 2.75) is 19.4 Å². The first kappa shape index (κ1) is 8.44. The molecule has 4 heteroatoms. The molecule has 13 heavy (non-hydrogen) atoms. The van der Waals surface area contributed by atoms with Gasteiger partial charge in [-0.1, -0.05) is 0 Å². The molecule has 2 heterocycles. The quantitative estimate of drug-likeness (QED) is 0.719. The second-order valence-corrected chi connectivity index (χ2v) is 3.65. The lowest BCUT2D eigenvalue weighted by molar-refractivity contribution is 0.0300. The van der Waals surface area contributed by atoms with Crippen LogP contribution in [-0.4, -0.2) is 28.7 Å². The van der Waals surface area contributed by atoms with Crippen LogP contribution in [0.2, 0.25) is 0 Å². The first-order valence-corrected chi connectivity index (χ1v) is 4.36. The lowest BCUT2D eigenvalue weighted by atomic mass is 10.0. The van der Waals surface area contributed by atoms with Crippen molar-refractivity contribution in [1.29, 1.82) is 0 Å². The molecule has 0 atom stereocenters. The minimum Gasteiger partial charge on any atom is -0.468 e. The summed E-state index contributed by atoms with van der Waals surface area (Å²) in [5.41, 5.74) is 0.813. The summed E-state index contributed by atoms with van der Waals surface area (Å²) in [5.74, 6) is 0.606. The molecule has 1 saturated heterocycles. The SMILES string of the molecule is Cc1cnc(OC2(C)CNC2)cn1. The van der Waals surface area contributed by atoms with Gasteiger partial charge in [0.05, 0.1) is 18.1 Å². The number of nitrogens with one attached hydrogen (secondary N) is 1. The molecule has 2 rings (SSSR count). The highest BCUT2D eigenvalue weighted by Gasteiger charge is 2.34. The third-order valence-corrected chi connectivity index (χ3v) is 2.11. The second-order valence-electron chi connectivity index (χ2n) is 3.65. The predicted octanol–water partition coefficient (Wildman–Crippen LogP) is 0.526.